The van der Waals surface area contributed by atoms with Crippen molar-refractivity contribution < 1.29 is 28.6 Å². The molecular formula is C13H15NO6. The normalized spacial score (nSPS) is 9.55. The summed E-state index contributed by atoms with van der Waals surface area (Å²) in [5.74, 6) is -1.75. The molecule has 0 spiro atoms. The molecular weight excluding hydrogens is 266 g/mol. The first-order valence-corrected chi connectivity index (χ1v) is 5.68. The van der Waals surface area contributed by atoms with Crippen LogP contribution in [-0.4, -0.2) is 45.7 Å². The molecule has 108 valence electrons. The molecule has 1 rings (SSSR count). The van der Waals surface area contributed by atoms with E-state index in [1.165, 1.54) is 39.5 Å². The van der Waals surface area contributed by atoms with E-state index in [1.807, 2.05) is 0 Å². The second kappa shape index (κ2) is 7.13. The largest absolute Gasteiger partial charge is 0.483 e. The number of hydrogen-bond donors (Lipinski definition) is 1. The number of carbonyl (C=O) groups is 3. The molecule has 0 aromatic heterocycles. The Balaban J connectivity index is 3.19. The van der Waals surface area contributed by atoms with Gasteiger partial charge in [-0.2, -0.15) is 0 Å². The topological polar surface area (TPSA) is 90.9 Å². The van der Waals surface area contributed by atoms with Gasteiger partial charge in [-0.05, 0) is 12.1 Å². The predicted octanol–water partition coefficient (Wildman–Crippen LogP) is 0.385. The van der Waals surface area contributed by atoms with E-state index >= 15 is 0 Å². The van der Waals surface area contributed by atoms with Gasteiger partial charge in [0.05, 0.1) is 19.8 Å². The van der Waals surface area contributed by atoms with E-state index in [0.29, 0.717) is 0 Å². The Morgan fingerprint density at radius 3 is 2.30 bits per heavy atom. The molecule has 7 nitrogen and oxygen atoms in total. The van der Waals surface area contributed by atoms with Crippen LogP contribution in [-0.2, 0) is 14.3 Å². The second-order valence-electron chi connectivity index (χ2n) is 3.62. The number of likely N-dealkylation sites (N-methyl/N-ethyl adjacent to an activating group) is 1. The number of methoxy groups -OCH3 is 2. The molecule has 7 heteroatoms. The Labute approximate surface area is 115 Å². The summed E-state index contributed by atoms with van der Waals surface area (Å²) in [6, 6.07) is 4.38. The second-order valence-corrected chi connectivity index (χ2v) is 3.62. The van der Waals surface area contributed by atoms with Crippen LogP contribution in [0.15, 0.2) is 18.2 Å². The van der Waals surface area contributed by atoms with Crippen molar-refractivity contribution in [1.82, 2.24) is 5.32 Å². The fourth-order valence-electron chi connectivity index (χ4n) is 1.46. The SMILES string of the molecule is CNC(=O)COc1cccc(C(=O)OC)c1C(=O)OC. The Bertz CT molecular complexity index is 526. The lowest BCUT2D eigenvalue weighted by molar-refractivity contribution is -0.122. The van der Waals surface area contributed by atoms with Crippen LogP contribution in [0, 0.1) is 0 Å². The molecule has 1 aromatic rings. The minimum absolute atomic E-state index is 0.00811. The highest BCUT2D eigenvalue weighted by Gasteiger charge is 2.23. The van der Waals surface area contributed by atoms with Crippen LogP contribution < -0.4 is 10.1 Å². The average Bonchev–Trinajstić information content (AvgIpc) is 2.50. The average molecular weight is 281 g/mol. The monoisotopic (exact) mass is 281 g/mol. The van der Waals surface area contributed by atoms with Crippen LogP contribution >= 0.6 is 0 Å². The zero-order valence-electron chi connectivity index (χ0n) is 11.4. The Kier molecular flexibility index (Phi) is 5.52. The highest BCUT2D eigenvalue weighted by Crippen LogP contribution is 2.24. The minimum atomic E-state index is -0.752. The molecule has 0 aliphatic heterocycles. The van der Waals surface area contributed by atoms with E-state index in [1.54, 1.807) is 0 Å². The maximum absolute atomic E-state index is 11.8. The van der Waals surface area contributed by atoms with Gasteiger partial charge < -0.3 is 19.5 Å². The first kappa shape index (κ1) is 15.5. The van der Waals surface area contributed by atoms with Crippen molar-refractivity contribution in [2.75, 3.05) is 27.9 Å². The summed E-state index contributed by atoms with van der Waals surface area (Å²) >= 11 is 0. The Morgan fingerprint density at radius 2 is 1.75 bits per heavy atom. The minimum Gasteiger partial charge on any atom is -0.483 e. The van der Waals surface area contributed by atoms with Gasteiger partial charge in [-0.15, -0.1) is 0 Å². The number of carbonyl (C=O) groups excluding carboxylic acids is 3. The van der Waals surface area contributed by atoms with E-state index in [4.69, 9.17) is 4.74 Å². The first-order chi connectivity index (χ1) is 9.54. The number of ether oxygens (including phenoxy) is 3. The third-order valence-electron chi connectivity index (χ3n) is 2.46. The molecule has 0 saturated carbocycles. The van der Waals surface area contributed by atoms with Crippen molar-refractivity contribution in [2.45, 2.75) is 0 Å². The summed E-state index contributed by atoms with van der Waals surface area (Å²) in [7, 11) is 3.83. The van der Waals surface area contributed by atoms with Gasteiger partial charge in [0.1, 0.15) is 11.3 Å². The molecule has 0 unspecified atom stereocenters. The van der Waals surface area contributed by atoms with Crippen molar-refractivity contribution in [3.8, 4) is 5.75 Å². The molecule has 1 aromatic carbocycles. The molecule has 0 atom stereocenters. The summed E-state index contributed by atoms with van der Waals surface area (Å²) in [4.78, 5) is 34.6. The van der Waals surface area contributed by atoms with E-state index in [0.717, 1.165) is 0 Å². The van der Waals surface area contributed by atoms with E-state index in [2.05, 4.69) is 14.8 Å². The third kappa shape index (κ3) is 3.47. The lowest BCUT2D eigenvalue weighted by Gasteiger charge is -2.12. The quantitative estimate of drug-likeness (QED) is 0.785. The van der Waals surface area contributed by atoms with Gasteiger partial charge >= 0.3 is 11.9 Å². The van der Waals surface area contributed by atoms with Crippen molar-refractivity contribution in [2.24, 2.45) is 0 Å². The number of benzene rings is 1. The molecule has 0 aliphatic rings. The first-order valence-electron chi connectivity index (χ1n) is 5.68. The Hall–Kier alpha value is -2.57. The van der Waals surface area contributed by atoms with Gasteiger partial charge in [0.25, 0.3) is 5.91 Å². The van der Waals surface area contributed by atoms with Crippen LogP contribution in [0.5, 0.6) is 5.75 Å². The summed E-state index contributed by atoms with van der Waals surface area (Å²) < 4.78 is 14.4. The molecule has 0 saturated heterocycles. The van der Waals surface area contributed by atoms with Crippen molar-refractivity contribution in [3.63, 3.8) is 0 Å². The van der Waals surface area contributed by atoms with Gasteiger partial charge in [-0.25, -0.2) is 9.59 Å². The lowest BCUT2D eigenvalue weighted by atomic mass is 10.1. The molecule has 20 heavy (non-hydrogen) atoms. The number of amides is 1. The van der Waals surface area contributed by atoms with Gasteiger partial charge in [0.2, 0.25) is 0 Å². The molecule has 0 bridgehead atoms. The molecule has 0 aliphatic carbocycles. The summed E-state index contributed by atoms with van der Waals surface area (Å²) in [5.41, 5.74) is -0.0699. The van der Waals surface area contributed by atoms with Gasteiger partial charge in [-0.3, -0.25) is 4.79 Å². The fourth-order valence-corrected chi connectivity index (χ4v) is 1.46. The molecule has 0 fully saturated rings. The van der Waals surface area contributed by atoms with Crippen LogP contribution in [0.1, 0.15) is 20.7 Å². The van der Waals surface area contributed by atoms with E-state index < -0.39 is 11.9 Å². The van der Waals surface area contributed by atoms with Crippen LogP contribution in [0.25, 0.3) is 0 Å². The molecule has 0 heterocycles. The van der Waals surface area contributed by atoms with Gasteiger partial charge in [0, 0.05) is 7.05 Å². The number of rotatable bonds is 5. The number of esters is 2. The van der Waals surface area contributed by atoms with Crippen LogP contribution in [0.2, 0.25) is 0 Å². The highest BCUT2D eigenvalue weighted by molar-refractivity contribution is 6.05. The summed E-state index contributed by atoms with van der Waals surface area (Å²) in [6.45, 7) is -0.287. The van der Waals surface area contributed by atoms with Crippen LogP contribution in [0.4, 0.5) is 0 Å². The Morgan fingerprint density at radius 1 is 1.10 bits per heavy atom. The lowest BCUT2D eigenvalue weighted by Crippen LogP contribution is -2.25. The maximum atomic E-state index is 11.8. The molecule has 1 amide bonds. The van der Waals surface area contributed by atoms with Crippen molar-refractivity contribution in [3.05, 3.63) is 29.3 Å². The summed E-state index contributed by atoms with van der Waals surface area (Å²) in [6.07, 6.45) is 0. The molecule has 1 N–H and O–H groups in total. The summed E-state index contributed by atoms with van der Waals surface area (Å²) in [5, 5.41) is 2.37. The standard InChI is InChI=1S/C13H15NO6/c1-14-10(15)7-20-9-6-4-5-8(12(16)18-2)11(9)13(17)19-3/h4-6H,7H2,1-3H3,(H,14,15). The smallest absolute Gasteiger partial charge is 0.342 e. The maximum Gasteiger partial charge on any atom is 0.342 e. The number of nitrogens with one attached hydrogen (secondary N) is 1. The van der Waals surface area contributed by atoms with Gasteiger partial charge in [-0.1, -0.05) is 6.07 Å². The van der Waals surface area contributed by atoms with Crippen LogP contribution in [0.3, 0.4) is 0 Å². The van der Waals surface area contributed by atoms with Gasteiger partial charge in [0.15, 0.2) is 6.61 Å². The fraction of sp³-hybridized carbons (Fsp3) is 0.308. The zero-order chi connectivity index (χ0) is 15.1. The van der Waals surface area contributed by atoms with E-state index in [-0.39, 0.29) is 29.4 Å². The molecule has 0 radical (unpaired) electrons. The highest BCUT2D eigenvalue weighted by atomic mass is 16.5. The van der Waals surface area contributed by atoms with Crippen molar-refractivity contribution >= 4 is 17.8 Å². The third-order valence-corrected chi connectivity index (χ3v) is 2.46. The van der Waals surface area contributed by atoms with Crippen molar-refractivity contribution in [1.29, 1.82) is 0 Å². The zero-order valence-corrected chi connectivity index (χ0v) is 11.4. The number of hydrogen-bond acceptors (Lipinski definition) is 6. The predicted molar refractivity (Wildman–Crippen MR) is 68.7 cm³/mol. The van der Waals surface area contributed by atoms with E-state index in [9.17, 15) is 14.4 Å².